The van der Waals surface area contributed by atoms with Crippen molar-refractivity contribution in [1.82, 2.24) is 24.8 Å². The van der Waals surface area contributed by atoms with Gasteiger partial charge in [-0.05, 0) is 43.4 Å². The normalized spacial score (nSPS) is 23.7. The Morgan fingerprint density at radius 2 is 1.26 bits per heavy atom. The van der Waals surface area contributed by atoms with Crippen molar-refractivity contribution >= 4 is 25.0 Å². The number of ketones is 1. The van der Waals surface area contributed by atoms with Gasteiger partial charge >= 0.3 is 36.3 Å². The van der Waals surface area contributed by atoms with Crippen LogP contribution in [0.15, 0.2) is 73.2 Å². The maximum atomic E-state index is 14.8. The maximum Gasteiger partial charge on any atom is 1.00 e. The number of methoxy groups -OCH3 is 2. The Morgan fingerprint density at radius 1 is 0.872 bits per heavy atom. The molecule has 0 aromatic carbocycles. The molecule has 2 aliphatic heterocycles. The van der Waals surface area contributed by atoms with Crippen LogP contribution in [0.2, 0.25) is 0 Å². The van der Waals surface area contributed by atoms with Gasteiger partial charge in [0, 0.05) is 45.1 Å². The number of halogens is 4. The Morgan fingerprint density at radius 3 is 1.57 bits per heavy atom. The average molecular weight is 707 g/mol. The van der Waals surface area contributed by atoms with Crippen molar-refractivity contribution in [1.29, 1.82) is 5.26 Å². The number of nitriles is 1. The standard InChI is InChI=1S/C28H29N5O5.C2H3N.BF4.Cu/c1-32-22(20-11-5-8-14-30-20)27(25(35)37-2)17-33(16-19-10-4-7-13-29-19)18-28(24(27)34,26(36)38-3)23(32)21-12-6-9-15-31-21;1-2-3;2-1(3,4)5;/h4-15,22-23H,16-18H2,1-3H3;1H3;;/q;;-1;+1/t22-,23+,27-,28+;;;. The Labute approximate surface area is 279 Å². The quantitative estimate of drug-likeness (QED) is 0.160. The number of piperidine rings is 2. The Bertz CT molecular complexity index is 1450. The van der Waals surface area contributed by atoms with Gasteiger partial charge in [0.25, 0.3) is 0 Å². The first-order chi connectivity index (χ1) is 21.8. The zero-order valence-electron chi connectivity index (χ0n) is 25.8. The van der Waals surface area contributed by atoms with Crippen molar-refractivity contribution in [3.05, 3.63) is 90.3 Å². The summed E-state index contributed by atoms with van der Waals surface area (Å²) >= 11 is 0. The molecule has 5 rings (SSSR count). The van der Waals surface area contributed by atoms with Crippen LogP contribution in [0.1, 0.15) is 36.1 Å². The van der Waals surface area contributed by atoms with Gasteiger partial charge in [0.1, 0.15) is 0 Å². The van der Waals surface area contributed by atoms with Crippen LogP contribution < -0.4 is 0 Å². The molecule has 254 valence electrons. The summed E-state index contributed by atoms with van der Waals surface area (Å²) in [5.41, 5.74) is -1.80. The van der Waals surface area contributed by atoms with Gasteiger partial charge < -0.3 is 26.7 Å². The molecule has 3 aromatic heterocycles. The van der Waals surface area contributed by atoms with Gasteiger partial charge in [-0.3, -0.25) is 39.1 Å². The summed E-state index contributed by atoms with van der Waals surface area (Å²) in [6.45, 7) is 1.75. The predicted octanol–water partition coefficient (Wildman–Crippen LogP) is 3.83. The average Bonchev–Trinajstić information content (AvgIpc) is 3.03. The van der Waals surface area contributed by atoms with Gasteiger partial charge in [0.05, 0.1) is 49.5 Å². The number of nitrogens with zero attached hydrogens (tertiary/aromatic N) is 6. The number of carbonyl (C=O) groups is 3. The van der Waals surface area contributed by atoms with Gasteiger partial charge in [0.2, 0.25) is 0 Å². The Balaban J connectivity index is 0.000000769. The zero-order valence-corrected chi connectivity index (χ0v) is 26.8. The van der Waals surface area contributed by atoms with E-state index < -0.39 is 47.9 Å². The van der Waals surface area contributed by atoms with E-state index in [1.165, 1.54) is 21.1 Å². The Hall–Kier alpha value is -4.23. The summed E-state index contributed by atoms with van der Waals surface area (Å²) in [5.74, 6) is -2.02. The van der Waals surface area contributed by atoms with Crippen molar-refractivity contribution in [3.8, 4) is 6.07 Å². The molecule has 2 bridgehead atoms. The number of hydrogen-bond donors (Lipinski definition) is 0. The van der Waals surface area contributed by atoms with Crippen LogP contribution in [0, 0.1) is 22.2 Å². The molecule has 5 heterocycles. The van der Waals surface area contributed by atoms with Crippen LogP contribution in [0.4, 0.5) is 17.3 Å². The first-order valence-electron chi connectivity index (χ1n) is 13.9. The molecule has 17 heteroatoms. The topological polar surface area (TPSA) is 139 Å². The second kappa shape index (κ2) is 16.6. The van der Waals surface area contributed by atoms with E-state index in [1.807, 2.05) is 28.0 Å². The van der Waals surface area contributed by atoms with Gasteiger partial charge in [-0.25, -0.2) is 0 Å². The largest absolute Gasteiger partial charge is 1.00 e. The second-order valence-electron chi connectivity index (χ2n) is 10.4. The van der Waals surface area contributed by atoms with Gasteiger partial charge in [-0.15, -0.1) is 0 Å². The van der Waals surface area contributed by atoms with Crippen LogP contribution in [-0.2, 0) is 47.5 Å². The first kappa shape index (κ1) is 39.0. The van der Waals surface area contributed by atoms with Crippen molar-refractivity contribution in [2.75, 3.05) is 34.4 Å². The van der Waals surface area contributed by atoms with Gasteiger partial charge in [-0.1, -0.05) is 18.2 Å². The SMILES string of the molecule is CC#N.COC(=O)[C@]12CN(Cc3ccccn3)C[C@](C(=O)OC)(C1=O)[C@@H](c1ccccn1)N(C)[C@H]2c1ccccn1.F[B-](F)(F)F.[Cu+]. The van der Waals surface area contributed by atoms with E-state index in [0.717, 1.165) is 5.69 Å². The summed E-state index contributed by atoms with van der Waals surface area (Å²) in [5, 5.41) is 7.32. The minimum atomic E-state index is -6.00. The molecule has 2 saturated heterocycles. The fourth-order valence-corrected chi connectivity index (χ4v) is 6.30. The van der Waals surface area contributed by atoms with E-state index in [-0.39, 0.29) is 30.2 Å². The minimum Gasteiger partial charge on any atom is -0.468 e. The molecule has 2 aliphatic rings. The number of hydrogen-bond acceptors (Lipinski definition) is 11. The summed E-state index contributed by atoms with van der Waals surface area (Å²) in [6.07, 6.45) is 4.91. The molecule has 0 spiro atoms. The van der Waals surface area contributed by atoms with E-state index in [4.69, 9.17) is 14.7 Å². The van der Waals surface area contributed by atoms with Crippen LogP contribution in [0.25, 0.3) is 0 Å². The van der Waals surface area contributed by atoms with Crippen LogP contribution in [0.5, 0.6) is 0 Å². The molecule has 3 aromatic rings. The molecular formula is C30H32BCuF4N6O5. The van der Waals surface area contributed by atoms with Crippen molar-refractivity contribution in [2.45, 2.75) is 25.6 Å². The van der Waals surface area contributed by atoms with E-state index >= 15 is 0 Å². The first-order valence-corrected chi connectivity index (χ1v) is 13.9. The summed E-state index contributed by atoms with van der Waals surface area (Å²) in [6, 6.07) is 16.3. The third-order valence-corrected chi connectivity index (χ3v) is 7.65. The number of aromatic nitrogens is 3. The molecule has 0 aliphatic carbocycles. The number of likely N-dealkylation sites (tertiary alicyclic amines) is 2. The summed E-state index contributed by atoms with van der Waals surface area (Å²) in [4.78, 5) is 59.8. The van der Waals surface area contributed by atoms with E-state index in [9.17, 15) is 31.6 Å². The molecule has 0 amide bonds. The molecule has 2 fully saturated rings. The van der Waals surface area contributed by atoms with Crippen molar-refractivity contribution < 1.29 is 58.2 Å². The van der Waals surface area contributed by atoms with Crippen LogP contribution >= 0.6 is 0 Å². The van der Waals surface area contributed by atoms with Gasteiger partial charge in [-0.2, -0.15) is 5.26 Å². The summed E-state index contributed by atoms with van der Waals surface area (Å²) in [7, 11) is -1.71. The molecule has 11 nitrogen and oxygen atoms in total. The van der Waals surface area contributed by atoms with Crippen molar-refractivity contribution in [3.63, 3.8) is 0 Å². The molecule has 4 atom stereocenters. The predicted molar refractivity (Wildman–Crippen MR) is 157 cm³/mol. The summed E-state index contributed by atoms with van der Waals surface area (Å²) < 4.78 is 49.6. The molecule has 0 N–H and O–H groups in total. The smallest absolute Gasteiger partial charge is 0.468 e. The fraction of sp³-hybridized carbons (Fsp3) is 0.367. The van der Waals surface area contributed by atoms with Crippen molar-refractivity contribution in [2.24, 2.45) is 10.8 Å². The molecular weight excluding hydrogens is 675 g/mol. The third kappa shape index (κ3) is 8.20. The number of rotatable bonds is 6. The number of ether oxygens (including phenoxy) is 2. The van der Waals surface area contributed by atoms with E-state index in [0.29, 0.717) is 17.9 Å². The van der Waals surface area contributed by atoms with Crippen LogP contribution in [0.3, 0.4) is 0 Å². The zero-order chi connectivity index (χ0) is 34.1. The molecule has 0 radical (unpaired) electrons. The number of fused-ring (bicyclic) bond motifs is 2. The molecule has 0 unspecified atom stereocenters. The van der Waals surface area contributed by atoms with Crippen LogP contribution in [-0.4, -0.2) is 84.1 Å². The maximum absolute atomic E-state index is 14.8. The number of carbonyl (C=O) groups excluding carboxylic acids is 3. The van der Waals surface area contributed by atoms with E-state index in [1.54, 1.807) is 68.1 Å². The number of pyridine rings is 3. The monoisotopic (exact) mass is 706 g/mol. The Kier molecular flexibility index (Phi) is 13.7. The fourth-order valence-electron chi connectivity index (χ4n) is 6.30. The molecule has 47 heavy (non-hydrogen) atoms. The third-order valence-electron chi connectivity index (χ3n) is 7.65. The van der Waals surface area contributed by atoms with Gasteiger partial charge in [0.15, 0.2) is 16.6 Å². The number of esters is 2. The second-order valence-corrected chi connectivity index (χ2v) is 10.4. The molecule has 0 saturated carbocycles. The van der Waals surface area contributed by atoms with E-state index in [2.05, 4.69) is 15.0 Å². The minimum absolute atomic E-state index is 0. The number of Topliss-reactive ketones (excluding diaryl/α,β-unsaturated/α-hetero) is 1.